The summed E-state index contributed by atoms with van der Waals surface area (Å²) in [5, 5.41) is 4.73. The summed E-state index contributed by atoms with van der Waals surface area (Å²) in [4.78, 5) is 0.970. The molecule has 1 aromatic carbocycles. The van der Waals surface area contributed by atoms with Gasteiger partial charge >= 0.3 is 0 Å². The van der Waals surface area contributed by atoms with Gasteiger partial charge in [-0.15, -0.1) is 11.8 Å². The summed E-state index contributed by atoms with van der Waals surface area (Å²) in [6.07, 6.45) is 0. The number of hydrogen-bond acceptors (Lipinski definition) is 3. The molecular formula is C15H17Cl2NOS. The summed E-state index contributed by atoms with van der Waals surface area (Å²) in [6, 6.07) is 9.93. The van der Waals surface area contributed by atoms with Crippen molar-refractivity contribution in [3.8, 4) is 0 Å². The molecule has 0 saturated carbocycles. The molecule has 1 heterocycles. The highest BCUT2D eigenvalue weighted by Crippen LogP contribution is 2.32. The van der Waals surface area contributed by atoms with Crippen LogP contribution in [0.4, 0.5) is 0 Å². The fraction of sp³-hybridized carbons (Fsp3) is 0.333. The smallest absolute Gasteiger partial charge is 0.118 e. The Bertz CT molecular complexity index is 569. The minimum Gasteiger partial charge on any atom is -0.464 e. The second kappa shape index (κ2) is 7.41. The van der Waals surface area contributed by atoms with Crippen LogP contribution in [0.15, 0.2) is 39.6 Å². The minimum absolute atomic E-state index is 0.447. The van der Waals surface area contributed by atoms with Gasteiger partial charge in [0, 0.05) is 16.0 Å². The summed E-state index contributed by atoms with van der Waals surface area (Å²) < 4.78 is 5.77. The Morgan fingerprint density at radius 2 is 1.90 bits per heavy atom. The molecule has 2 rings (SSSR count). The Morgan fingerprint density at radius 1 is 1.15 bits per heavy atom. The van der Waals surface area contributed by atoms with Gasteiger partial charge in [0.2, 0.25) is 0 Å². The largest absolute Gasteiger partial charge is 0.464 e. The van der Waals surface area contributed by atoms with Gasteiger partial charge in [0.25, 0.3) is 0 Å². The molecular weight excluding hydrogens is 313 g/mol. The van der Waals surface area contributed by atoms with E-state index in [1.807, 2.05) is 24.3 Å². The van der Waals surface area contributed by atoms with Crippen molar-refractivity contribution in [2.24, 2.45) is 0 Å². The van der Waals surface area contributed by atoms with E-state index in [-0.39, 0.29) is 0 Å². The van der Waals surface area contributed by atoms with E-state index in [1.54, 1.807) is 17.8 Å². The lowest BCUT2D eigenvalue weighted by atomic mass is 10.3. The Balaban J connectivity index is 1.92. The first-order chi connectivity index (χ1) is 9.54. The summed E-state index contributed by atoms with van der Waals surface area (Å²) in [7, 11) is 0. The molecule has 2 nitrogen and oxygen atoms in total. The zero-order valence-electron chi connectivity index (χ0n) is 11.5. The van der Waals surface area contributed by atoms with Crippen LogP contribution in [-0.4, -0.2) is 6.04 Å². The van der Waals surface area contributed by atoms with E-state index >= 15 is 0 Å². The Hall–Kier alpha value is -0.610. The Labute approximate surface area is 133 Å². The van der Waals surface area contributed by atoms with E-state index in [1.165, 1.54) is 0 Å². The van der Waals surface area contributed by atoms with Crippen LogP contribution in [0.25, 0.3) is 0 Å². The third kappa shape index (κ3) is 4.74. The molecule has 1 N–H and O–H groups in total. The average molecular weight is 330 g/mol. The van der Waals surface area contributed by atoms with E-state index in [0.717, 1.165) is 28.7 Å². The lowest BCUT2D eigenvalue weighted by Crippen LogP contribution is -2.21. The number of nitrogens with one attached hydrogen (secondary N) is 1. The maximum absolute atomic E-state index is 6.13. The number of hydrogen-bond donors (Lipinski definition) is 1. The Kier molecular flexibility index (Phi) is 5.85. The second-order valence-corrected chi connectivity index (χ2v) is 6.63. The van der Waals surface area contributed by atoms with Crippen molar-refractivity contribution in [2.45, 2.75) is 37.1 Å². The van der Waals surface area contributed by atoms with Gasteiger partial charge in [0.1, 0.15) is 11.5 Å². The van der Waals surface area contributed by atoms with Gasteiger partial charge in [-0.3, -0.25) is 0 Å². The Morgan fingerprint density at radius 3 is 2.65 bits per heavy atom. The molecule has 0 unspecified atom stereocenters. The van der Waals surface area contributed by atoms with E-state index in [2.05, 4.69) is 19.2 Å². The van der Waals surface area contributed by atoms with Gasteiger partial charge in [0.15, 0.2) is 0 Å². The van der Waals surface area contributed by atoms with Crippen molar-refractivity contribution >= 4 is 35.0 Å². The third-order valence-electron chi connectivity index (χ3n) is 2.67. The van der Waals surface area contributed by atoms with Gasteiger partial charge in [-0.1, -0.05) is 37.0 Å². The van der Waals surface area contributed by atoms with Crippen molar-refractivity contribution in [1.82, 2.24) is 5.32 Å². The van der Waals surface area contributed by atoms with Crippen LogP contribution in [0, 0.1) is 0 Å². The van der Waals surface area contributed by atoms with E-state index in [4.69, 9.17) is 27.6 Å². The van der Waals surface area contributed by atoms with Gasteiger partial charge < -0.3 is 9.73 Å². The van der Waals surface area contributed by atoms with Crippen molar-refractivity contribution in [3.63, 3.8) is 0 Å². The highest BCUT2D eigenvalue weighted by Gasteiger charge is 2.06. The van der Waals surface area contributed by atoms with Gasteiger partial charge in [-0.2, -0.15) is 0 Å². The van der Waals surface area contributed by atoms with E-state index in [0.29, 0.717) is 16.1 Å². The van der Waals surface area contributed by atoms with Crippen molar-refractivity contribution in [1.29, 1.82) is 0 Å². The molecule has 0 aliphatic rings. The molecule has 1 aromatic heterocycles. The molecule has 0 fully saturated rings. The minimum atomic E-state index is 0.447. The molecule has 0 atom stereocenters. The molecule has 0 aliphatic carbocycles. The van der Waals surface area contributed by atoms with E-state index < -0.39 is 0 Å². The lowest BCUT2D eigenvalue weighted by Gasteiger charge is -2.05. The zero-order chi connectivity index (χ0) is 14.5. The van der Waals surface area contributed by atoms with Crippen LogP contribution < -0.4 is 5.32 Å². The maximum atomic E-state index is 6.13. The van der Waals surface area contributed by atoms with Gasteiger partial charge in [-0.05, 0) is 30.3 Å². The summed E-state index contributed by atoms with van der Waals surface area (Å²) in [5.41, 5.74) is 0. The van der Waals surface area contributed by atoms with Crippen LogP contribution in [0.2, 0.25) is 10.0 Å². The molecule has 0 aliphatic heterocycles. The van der Waals surface area contributed by atoms with Gasteiger partial charge in [-0.25, -0.2) is 0 Å². The van der Waals surface area contributed by atoms with Gasteiger partial charge in [0.05, 0.1) is 17.3 Å². The molecule has 0 radical (unpaired) electrons. The number of furan rings is 1. The molecule has 0 saturated heterocycles. The zero-order valence-corrected chi connectivity index (χ0v) is 13.8. The van der Waals surface area contributed by atoms with Crippen LogP contribution in [0.1, 0.15) is 25.4 Å². The highest BCUT2D eigenvalue weighted by molar-refractivity contribution is 7.98. The first-order valence-electron chi connectivity index (χ1n) is 6.43. The standard InChI is InChI=1S/C15H17Cl2NOS/c1-10(2)18-8-12-4-5-13(19-12)9-20-15-7-11(16)3-6-14(15)17/h3-7,10,18H,8-9H2,1-2H3. The first-order valence-corrected chi connectivity index (χ1v) is 8.17. The van der Waals surface area contributed by atoms with E-state index in [9.17, 15) is 0 Å². The highest BCUT2D eigenvalue weighted by atomic mass is 35.5. The SMILES string of the molecule is CC(C)NCc1ccc(CSc2cc(Cl)ccc2Cl)o1. The predicted molar refractivity (Wildman–Crippen MR) is 86.7 cm³/mol. The fourth-order valence-corrected chi connectivity index (χ4v) is 3.02. The average Bonchev–Trinajstić information content (AvgIpc) is 2.85. The normalized spacial score (nSPS) is 11.2. The van der Waals surface area contributed by atoms with Crippen LogP contribution >= 0.6 is 35.0 Å². The third-order valence-corrected chi connectivity index (χ3v) is 4.42. The molecule has 0 amide bonds. The van der Waals surface area contributed by atoms with Crippen LogP contribution in [-0.2, 0) is 12.3 Å². The first kappa shape index (κ1) is 15.8. The van der Waals surface area contributed by atoms with Crippen molar-refractivity contribution < 1.29 is 4.42 Å². The monoisotopic (exact) mass is 329 g/mol. The van der Waals surface area contributed by atoms with Crippen molar-refractivity contribution in [3.05, 3.63) is 51.9 Å². The quantitative estimate of drug-likeness (QED) is 0.720. The molecule has 0 spiro atoms. The number of halogens is 2. The maximum Gasteiger partial charge on any atom is 0.118 e. The lowest BCUT2D eigenvalue weighted by molar-refractivity contribution is 0.445. The molecule has 20 heavy (non-hydrogen) atoms. The molecule has 108 valence electrons. The van der Waals surface area contributed by atoms with Crippen LogP contribution in [0.3, 0.4) is 0 Å². The fourth-order valence-electron chi connectivity index (χ4n) is 1.64. The van der Waals surface area contributed by atoms with Crippen molar-refractivity contribution in [2.75, 3.05) is 0 Å². The topological polar surface area (TPSA) is 25.2 Å². The number of thioether (sulfide) groups is 1. The summed E-state index contributed by atoms with van der Waals surface area (Å²) >= 11 is 13.7. The number of benzene rings is 1. The molecule has 2 aromatic rings. The molecule has 0 bridgehead atoms. The summed E-state index contributed by atoms with van der Waals surface area (Å²) in [6.45, 7) is 4.97. The second-order valence-electron chi connectivity index (χ2n) is 4.77. The molecule has 5 heteroatoms. The summed E-state index contributed by atoms with van der Waals surface area (Å²) in [5.74, 6) is 2.62. The van der Waals surface area contributed by atoms with Crippen LogP contribution in [0.5, 0.6) is 0 Å². The number of rotatable bonds is 6. The predicted octanol–water partition coefficient (Wildman–Crippen LogP) is 5.38.